The fourth-order valence-electron chi connectivity index (χ4n) is 1.75. The molecule has 1 fully saturated rings. The molecule has 2 N–H and O–H groups in total. The fraction of sp³-hybridized carbons (Fsp3) is 0.462. The molecule has 0 amide bonds. The second-order valence-electron chi connectivity index (χ2n) is 4.33. The van der Waals surface area contributed by atoms with Crippen molar-refractivity contribution in [3.63, 3.8) is 0 Å². The molecular weight excluding hydrogens is 274 g/mol. The van der Waals surface area contributed by atoms with Crippen molar-refractivity contribution in [1.29, 1.82) is 0 Å². The molecule has 114 valence electrons. The number of ether oxygens (including phenoxy) is 2. The Bertz CT molecular complexity index is 660. The number of aromatic nitrogens is 4. The van der Waals surface area contributed by atoms with Crippen LogP contribution in [0.15, 0.2) is 23.0 Å². The predicted molar refractivity (Wildman–Crippen MR) is 77.6 cm³/mol. The summed E-state index contributed by atoms with van der Waals surface area (Å²) in [6.45, 7) is 5.13. The molecule has 1 aliphatic heterocycles. The molecule has 1 aromatic carbocycles. The van der Waals surface area contributed by atoms with Crippen LogP contribution in [0.5, 0.6) is 5.75 Å². The molecule has 2 heterocycles. The van der Waals surface area contributed by atoms with Gasteiger partial charge in [-0.1, -0.05) is 13.8 Å². The lowest BCUT2D eigenvalue weighted by Crippen LogP contribution is -2.38. The Hall–Kier alpha value is -2.35. The summed E-state index contributed by atoms with van der Waals surface area (Å²) in [6, 6.07) is 5.04. The van der Waals surface area contributed by atoms with Crippen molar-refractivity contribution >= 4 is 5.69 Å². The molecule has 1 saturated heterocycles. The van der Waals surface area contributed by atoms with Gasteiger partial charge in [0.25, 0.3) is 0 Å². The Kier molecular flexibility index (Phi) is 4.59. The van der Waals surface area contributed by atoms with E-state index >= 15 is 0 Å². The van der Waals surface area contributed by atoms with Crippen LogP contribution < -0.4 is 16.2 Å². The van der Waals surface area contributed by atoms with Gasteiger partial charge < -0.3 is 15.2 Å². The van der Waals surface area contributed by atoms with E-state index in [1.54, 1.807) is 18.2 Å². The molecule has 21 heavy (non-hydrogen) atoms. The molecule has 1 aromatic heterocycles. The molecule has 0 saturated carbocycles. The van der Waals surface area contributed by atoms with Gasteiger partial charge in [0, 0.05) is 24.9 Å². The van der Waals surface area contributed by atoms with Crippen molar-refractivity contribution in [2.75, 3.05) is 18.9 Å². The molecule has 3 rings (SSSR count). The summed E-state index contributed by atoms with van der Waals surface area (Å²) >= 11 is 0. The van der Waals surface area contributed by atoms with Gasteiger partial charge in [-0.05, 0) is 16.5 Å². The molecule has 0 atom stereocenters. The van der Waals surface area contributed by atoms with Gasteiger partial charge in [0.2, 0.25) is 0 Å². The molecule has 1 aliphatic rings. The van der Waals surface area contributed by atoms with Crippen LogP contribution in [0.1, 0.15) is 13.8 Å². The molecule has 2 aromatic rings. The van der Waals surface area contributed by atoms with E-state index < -0.39 is 0 Å². The first-order valence-corrected chi connectivity index (χ1v) is 6.78. The lowest BCUT2D eigenvalue weighted by atomic mass is 10.2. The van der Waals surface area contributed by atoms with Crippen molar-refractivity contribution in [1.82, 2.24) is 19.8 Å². The lowest BCUT2D eigenvalue weighted by molar-refractivity contribution is -0.0796. The Morgan fingerprint density at radius 1 is 1.29 bits per heavy atom. The second-order valence-corrected chi connectivity index (χ2v) is 4.33. The number of nitrogen functional groups attached to an aromatic ring is 1. The van der Waals surface area contributed by atoms with Crippen LogP contribution in [0.4, 0.5) is 5.69 Å². The van der Waals surface area contributed by atoms with Crippen molar-refractivity contribution in [2.24, 2.45) is 7.05 Å². The summed E-state index contributed by atoms with van der Waals surface area (Å²) in [5, 5.41) is 7.42. The summed E-state index contributed by atoms with van der Waals surface area (Å²) in [5.41, 5.74) is 6.48. The number of nitrogens with zero attached hydrogens (tertiary/aromatic N) is 4. The van der Waals surface area contributed by atoms with Crippen molar-refractivity contribution < 1.29 is 9.47 Å². The van der Waals surface area contributed by atoms with E-state index in [1.165, 1.54) is 11.7 Å². The number of benzene rings is 1. The van der Waals surface area contributed by atoms with Gasteiger partial charge in [0.1, 0.15) is 11.9 Å². The maximum atomic E-state index is 11.8. The minimum atomic E-state index is -0.344. The van der Waals surface area contributed by atoms with Gasteiger partial charge in [0.05, 0.1) is 18.9 Å². The van der Waals surface area contributed by atoms with E-state index in [0.717, 1.165) is 4.68 Å². The van der Waals surface area contributed by atoms with E-state index in [1.807, 2.05) is 13.8 Å². The zero-order valence-corrected chi connectivity index (χ0v) is 12.3. The second kappa shape index (κ2) is 6.40. The van der Waals surface area contributed by atoms with E-state index in [-0.39, 0.29) is 11.8 Å². The fourth-order valence-corrected chi connectivity index (χ4v) is 1.75. The summed E-state index contributed by atoms with van der Waals surface area (Å²) in [4.78, 5) is 11.8. The van der Waals surface area contributed by atoms with E-state index in [9.17, 15) is 4.79 Å². The zero-order chi connectivity index (χ0) is 15.4. The van der Waals surface area contributed by atoms with Crippen LogP contribution in [-0.2, 0) is 11.8 Å². The summed E-state index contributed by atoms with van der Waals surface area (Å²) in [5.74, 6) is 0.584. The zero-order valence-electron chi connectivity index (χ0n) is 12.3. The van der Waals surface area contributed by atoms with Crippen LogP contribution >= 0.6 is 0 Å². The lowest BCUT2D eigenvalue weighted by Gasteiger charge is -2.26. The van der Waals surface area contributed by atoms with Crippen molar-refractivity contribution in [3.8, 4) is 11.4 Å². The highest BCUT2D eigenvalue weighted by atomic mass is 16.6. The Labute approximate surface area is 122 Å². The highest BCUT2D eigenvalue weighted by Gasteiger charge is 2.20. The molecule has 0 unspecified atom stereocenters. The number of nitrogens with two attached hydrogens (primary N) is 1. The quantitative estimate of drug-likeness (QED) is 0.820. The minimum Gasteiger partial charge on any atom is -0.485 e. The number of aryl methyl sites for hydroxylation is 1. The summed E-state index contributed by atoms with van der Waals surface area (Å²) in [6.07, 6.45) is 0.0354. The van der Waals surface area contributed by atoms with Gasteiger partial charge in [-0.2, -0.15) is 9.36 Å². The normalized spacial score (nSPS) is 14.0. The molecule has 0 bridgehead atoms. The van der Waals surface area contributed by atoms with Gasteiger partial charge >= 0.3 is 5.69 Å². The largest absolute Gasteiger partial charge is 0.485 e. The third kappa shape index (κ3) is 3.22. The van der Waals surface area contributed by atoms with Gasteiger partial charge in [-0.25, -0.2) is 4.79 Å². The first kappa shape index (κ1) is 15.0. The predicted octanol–water partition coefficient (Wildman–Crippen LogP) is 0.352. The summed E-state index contributed by atoms with van der Waals surface area (Å²) in [7, 11) is 1.53. The average molecular weight is 293 g/mol. The average Bonchev–Trinajstić information content (AvgIpc) is 2.76. The maximum absolute atomic E-state index is 11.8. The number of rotatable bonds is 3. The molecule has 0 radical (unpaired) electrons. The number of tetrazole rings is 1. The highest BCUT2D eigenvalue weighted by molar-refractivity contribution is 5.53. The van der Waals surface area contributed by atoms with Crippen LogP contribution in [0.3, 0.4) is 0 Å². The molecule has 8 heteroatoms. The van der Waals surface area contributed by atoms with Crippen molar-refractivity contribution in [2.45, 2.75) is 20.0 Å². The Morgan fingerprint density at radius 2 is 2.00 bits per heavy atom. The molecule has 0 aliphatic carbocycles. The third-order valence-corrected chi connectivity index (χ3v) is 2.79. The van der Waals surface area contributed by atoms with Crippen LogP contribution in [0.2, 0.25) is 0 Å². The smallest absolute Gasteiger partial charge is 0.368 e. The number of hydrogen-bond donors (Lipinski definition) is 1. The molecular formula is C13H19N5O3. The highest BCUT2D eigenvalue weighted by Crippen LogP contribution is 2.23. The van der Waals surface area contributed by atoms with Gasteiger partial charge in [-0.3, -0.25) is 0 Å². The number of hydrogen-bond acceptors (Lipinski definition) is 6. The van der Waals surface area contributed by atoms with E-state index in [0.29, 0.717) is 30.3 Å². The van der Waals surface area contributed by atoms with Gasteiger partial charge in [-0.15, -0.1) is 0 Å². The van der Waals surface area contributed by atoms with E-state index in [2.05, 4.69) is 10.4 Å². The topological polar surface area (TPSA) is 97.2 Å². The van der Waals surface area contributed by atoms with Crippen LogP contribution in [0, 0.1) is 0 Å². The monoisotopic (exact) mass is 293 g/mol. The maximum Gasteiger partial charge on any atom is 0.368 e. The Balaban J connectivity index is 0.000000774. The molecule has 8 nitrogen and oxygen atoms in total. The first-order valence-electron chi connectivity index (χ1n) is 6.78. The Morgan fingerprint density at radius 3 is 2.52 bits per heavy atom. The minimum absolute atomic E-state index is 0.0354. The SMILES string of the molecule is CC.Cn1nnn(-c2cc(N)cc(OC3COC3)c2)c1=O. The standard InChI is InChI=1S/C11H13N5O3.C2H6/c1-15-11(17)16(14-13-15)8-2-7(12)3-9(4-8)19-10-5-18-6-10;1-2/h2-4,10H,5-6,12H2,1H3;1-2H3. The van der Waals surface area contributed by atoms with Crippen LogP contribution in [-0.4, -0.2) is 39.1 Å². The van der Waals surface area contributed by atoms with E-state index in [4.69, 9.17) is 15.2 Å². The summed E-state index contributed by atoms with van der Waals surface area (Å²) < 4.78 is 13.0. The van der Waals surface area contributed by atoms with Crippen molar-refractivity contribution in [3.05, 3.63) is 28.7 Å². The molecule has 0 spiro atoms. The van der Waals surface area contributed by atoms with Crippen LogP contribution in [0.25, 0.3) is 5.69 Å². The first-order chi connectivity index (χ1) is 10.1. The van der Waals surface area contributed by atoms with Gasteiger partial charge in [0.15, 0.2) is 0 Å². The number of anilines is 1. The third-order valence-electron chi connectivity index (χ3n) is 2.79.